The molecule has 1 fully saturated rings. The molecule has 2 unspecified atom stereocenters. The fourth-order valence-electron chi connectivity index (χ4n) is 8.65. The maximum absolute atomic E-state index is 12.9. The van der Waals surface area contributed by atoms with Crippen LogP contribution in [0.1, 0.15) is 91.7 Å². The Morgan fingerprint density at radius 3 is 2.51 bits per heavy atom. The van der Waals surface area contributed by atoms with Crippen molar-refractivity contribution >= 4 is 46.3 Å². The van der Waals surface area contributed by atoms with Gasteiger partial charge in [-0.25, -0.2) is 4.79 Å². The number of carboxylic acids is 1. The van der Waals surface area contributed by atoms with Crippen molar-refractivity contribution in [3.8, 4) is 21.6 Å². The maximum atomic E-state index is 12.9. The zero-order chi connectivity index (χ0) is 33.6. The van der Waals surface area contributed by atoms with Crippen molar-refractivity contribution in [3.63, 3.8) is 0 Å². The first-order chi connectivity index (χ1) is 23.7. The van der Waals surface area contributed by atoms with E-state index in [9.17, 15) is 19.5 Å². The van der Waals surface area contributed by atoms with Gasteiger partial charge in [0.25, 0.3) is 0 Å². The van der Waals surface area contributed by atoms with E-state index in [-0.39, 0.29) is 33.5 Å². The summed E-state index contributed by atoms with van der Waals surface area (Å²) >= 11 is 1.67. The quantitative estimate of drug-likeness (QED) is 0.150. The van der Waals surface area contributed by atoms with Gasteiger partial charge in [0.1, 0.15) is 0 Å². The minimum Gasteiger partial charge on any atom is -0.478 e. The highest BCUT2D eigenvalue weighted by molar-refractivity contribution is 7.16. The molecule has 9 rings (SSSR count). The van der Waals surface area contributed by atoms with Gasteiger partial charge in [0.2, 0.25) is 0 Å². The molecule has 1 aliphatic heterocycles. The summed E-state index contributed by atoms with van der Waals surface area (Å²) in [5.74, 6) is -1.44. The molecule has 0 amide bonds. The van der Waals surface area contributed by atoms with Crippen molar-refractivity contribution in [1.82, 2.24) is 0 Å². The predicted molar refractivity (Wildman–Crippen MR) is 195 cm³/mol. The molecule has 1 saturated carbocycles. The number of hydrogen-bond acceptors (Lipinski definition) is 5. The van der Waals surface area contributed by atoms with Crippen LogP contribution in [0.5, 0.6) is 0 Å². The Hall–Kier alpha value is -5.33. The molecule has 0 radical (unpaired) electrons. The molecule has 4 aliphatic rings. The van der Waals surface area contributed by atoms with Crippen LogP contribution in [0.15, 0.2) is 109 Å². The third kappa shape index (κ3) is 4.47. The lowest BCUT2D eigenvalue weighted by atomic mass is 9.82. The molecule has 5 aromatic rings. The highest BCUT2D eigenvalue weighted by Gasteiger charge is 2.43. The third-order valence-corrected chi connectivity index (χ3v) is 12.1. The fraction of sp³-hybridized carbons (Fsp3) is 0.186. The highest BCUT2D eigenvalue weighted by Crippen LogP contribution is 2.55. The van der Waals surface area contributed by atoms with E-state index in [2.05, 4.69) is 91.5 Å². The SMILES string of the molecule is CC1(C)c2ccccc2-c2cc(N3c4ccc(-c5ccc(/C=C/C=C6\C(=O)c7ccc(C(=O)O)cc7C6=O)s5)cc4C4CCCC43)ccc21. The maximum Gasteiger partial charge on any atom is 0.335 e. The van der Waals surface area contributed by atoms with E-state index < -0.39 is 11.8 Å². The van der Waals surface area contributed by atoms with Crippen LogP contribution < -0.4 is 4.90 Å². The van der Waals surface area contributed by atoms with Crippen LogP contribution in [0.4, 0.5) is 11.4 Å². The number of fused-ring (bicyclic) bond motifs is 7. The van der Waals surface area contributed by atoms with Gasteiger partial charge in [0.05, 0.1) is 11.1 Å². The first kappa shape index (κ1) is 29.8. The Balaban J connectivity index is 0.991. The Bertz CT molecular complexity index is 2340. The van der Waals surface area contributed by atoms with Gasteiger partial charge in [0.15, 0.2) is 11.6 Å². The molecule has 4 aromatic carbocycles. The second-order valence-electron chi connectivity index (χ2n) is 14.0. The molecular formula is C43H33NO4S. The van der Waals surface area contributed by atoms with Crippen molar-refractivity contribution in [2.24, 2.45) is 0 Å². The first-order valence-corrected chi connectivity index (χ1v) is 17.7. The molecule has 2 heterocycles. The number of carbonyl (C=O) groups is 3. The fourth-order valence-corrected chi connectivity index (χ4v) is 9.57. The van der Waals surface area contributed by atoms with Crippen molar-refractivity contribution in [2.45, 2.75) is 50.5 Å². The number of ketones is 2. The van der Waals surface area contributed by atoms with Crippen LogP contribution in [0.3, 0.4) is 0 Å². The third-order valence-electron chi connectivity index (χ3n) is 11.0. The van der Waals surface area contributed by atoms with Gasteiger partial charge in [-0.05, 0) is 113 Å². The monoisotopic (exact) mass is 659 g/mol. The number of anilines is 2. The summed E-state index contributed by atoms with van der Waals surface area (Å²) in [5.41, 5.74) is 11.1. The number of aromatic carboxylic acids is 1. The van der Waals surface area contributed by atoms with Crippen LogP contribution in [-0.2, 0) is 5.41 Å². The number of thiophene rings is 1. The second kappa shape index (κ2) is 10.8. The second-order valence-corrected chi connectivity index (χ2v) is 15.1. The summed E-state index contributed by atoms with van der Waals surface area (Å²) in [5, 5.41) is 9.28. The average Bonchev–Trinajstić information content (AvgIpc) is 3.92. The summed E-state index contributed by atoms with van der Waals surface area (Å²) in [4.78, 5) is 41.9. The van der Waals surface area contributed by atoms with E-state index in [1.54, 1.807) is 17.4 Å². The predicted octanol–water partition coefficient (Wildman–Crippen LogP) is 10.2. The summed E-state index contributed by atoms with van der Waals surface area (Å²) in [6, 6.07) is 31.6. The van der Waals surface area contributed by atoms with E-state index in [1.165, 1.54) is 93.2 Å². The van der Waals surface area contributed by atoms with Crippen molar-refractivity contribution in [3.05, 3.63) is 147 Å². The Morgan fingerprint density at radius 1 is 0.837 bits per heavy atom. The largest absolute Gasteiger partial charge is 0.478 e. The number of Topliss-reactive ketones (excluding diaryl/α,β-unsaturated/α-hetero) is 2. The average molecular weight is 660 g/mol. The minimum absolute atomic E-state index is 0.00507. The van der Waals surface area contributed by atoms with Gasteiger partial charge in [-0.2, -0.15) is 0 Å². The number of nitrogens with zero attached hydrogens (tertiary/aromatic N) is 1. The van der Waals surface area contributed by atoms with Crippen LogP contribution in [0, 0.1) is 0 Å². The minimum atomic E-state index is -1.13. The van der Waals surface area contributed by atoms with Crippen LogP contribution >= 0.6 is 11.3 Å². The van der Waals surface area contributed by atoms with Crippen LogP contribution in [0.2, 0.25) is 0 Å². The smallest absolute Gasteiger partial charge is 0.335 e. The van der Waals surface area contributed by atoms with Crippen molar-refractivity contribution in [2.75, 3.05) is 4.90 Å². The van der Waals surface area contributed by atoms with Gasteiger partial charge in [0, 0.05) is 49.6 Å². The van der Waals surface area contributed by atoms with Gasteiger partial charge >= 0.3 is 5.97 Å². The lowest BCUT2D eigenvalue weighted by Gasteiger charge is -2.28. The molecule has 0 spiro atoms. The molecule has 0 bridgehead atoms. The van der Waals surface area contributed by atoms with Gasteiger partial charge in [-0.3, -0.25) is 9.59 Å². The van der Waals surface area contributed by atoms with Crippen LogP contribution in [0.25, 0.3) is 27.6 Å². The molecule has 240 valence electrons. The molecule has 6 heteroatoms. The number of allylic oxidation sites excluding steroid dienone is 3. The zero-order valence-corrected chi connectivity index (χ0v) is 28.0. The molecule has 1 aromatic heterocycles. The lowest BCUT2D eigenvalue weighted by molar-refractivity contribution is 0.0696. The van der Waals surface area contributed by atoms with E-state index in [1.807, 2.05) is 6.08 Å². The van der Waals surface area contributed by atoms with Gasteiger partial charge in [-0.15, -0.1) is 11.3 Å². The number of carbonyl (C=O) groups excluding carboxylic acids is 2. The lowest BCUT2D eigenvalue weighted by Crippen LogP contribution is -2.26. The molecule has 2 atom stereocenters. The number of benzene rings is 4. The topological polar surface area (TPSA) is 74.7 Å². The Kier molecular flexibility index (Phi) is 6.59. The number of rotatable bonds is 5. The molecule has 3 aliphatic carbocycles. The summed E-state index contributed by atoms with van der Waals surface area (Å²) in [7, 11) is 0. The van der Waals surface area contributed by atoms with Crippen molar-refractivity contribution < 1.29 is 19.5 Å². The zero-order valence-electron chi connectivity index (χ0n) is 27.2. The Morgan fingerprint density at radius 2 is 1.65 bits per heavy atom. The molecular weight excluding hydrogens is 627 g/mol. The van der Waals surface area contributed by atoms with E-state index in [4.69, 9.17) is 0 Å². The number of hydrogen-bond donors (Lipinski definition) is 1. The molecule has 0 saturated heterocycles. The summed E-state index contributed by atoms with van der Waals surface area (Å²) in [6.45, 7) is 4.66. The summed E-state index contributed by atoms with van der Waals surface area (Å²) < 4.78 is 0. The standard InChI is InChI=1S/C43H33NO4S/c1-43(2)35-11-4-3-8-28(35)32-23-26(15-18-36(32)43)44-37-12-6-9-29(37)33-21-24(14-19-38(33)44)39-20-16-27(49-39)7-5-10-31-40(45)30-17-13-25(42(47)48)22-34(30)41(31)46/h3-5,7-8,10-11,13-23,29,37H,6,9,12H2,1-2H3,(H,47,48)/b7-5+,31-10+. The van der Waals surface area contributed by atoms with Crippen LogP contribution in [-0.4, -0.2) is 28.7 Å². The highest BCUT2D eigenvalue weighted by atomic mass is 32.1. The molecule has 49 heavy (non-hydrogen) atoms. The summed E-state index contributed by atoms with van der Waals surface area (Å²) in [6.07, 6.45) is 8.79. The van der Waals surface area contributed by atoms with Crippen molar-refractivity contribution in [1.29, 1.82) is 0 Å². The Labute approximate surface area is 288 Å². The molecule has 1 N–H and O–H groups in total. The normalized spacial score (nSPS) is 20.5. The van der Waals surface area contributed by atoms with Gasteiger partial charge < -0.3 is 10.0 Å². The van der Waals surface area contributed by atoms with E-state index in [0.717, 1.165) is 4.88 Å². The first-order valence-electron chi connectivity index (χ1n) is 16.8. The number of carboxylic acid groups (broad SMARTS) is 1. The van der Waals surface area contributed by atoms with E-state index >= 15 is 0 Å². The van der Waals surface area contributed by atoms with Gasteiger partial charge in [-0.1, -0.05) is 62.7 Å². The molecule has 5 nitrogen and oxygen atoms in total. The van der Waals surface area contributed by atoms with E-state index in [0.29, 0.717) is 12.0 Å².